The molecule has 2 aromatic rings. The van der Waals surface area contributed by atoms with E-state index in [1.54, 1.807) is 0 Å². The van der Waals surface area contributed by atoms with E-state index in [9.17, 15) is 4.79 Å². The maximum atomic E-state index is 12.3. The van der Waals surface area contributed by atoms with Gasteiger partial charge in [-0.1, -0.05) is 59.7 Å². The number of nitrogens with one attached hydrogen (secondary N) is 1. The Labute approximate surface area is 156 Å². The number of rotatable bonds is 6. The minimum Gasteiger partial charge on any atom is -0.443 e. The van der Waals surface area contributed by atoms with Crippen molar-refractivity contribution >= 4 is 6.09 Å². The standard InChI is InChI=1S/C22H28N2O2/c1-15-5-9-19(10-6-15)17(3)23-13-21-14-24(22(25)26-21)18(4)20-11-7-16(2)8-12-20/h5-12,17-18,21,23H,13-14H2,1-4H3/t17-,18-,21-/m0/s1. The quantitative estimate of drug-likeness (QED) is 0.830. The minimum atomic E-state index is -0.229. The lowest BCUT2D eigenvalue weighted by Crippen LogP contribution is -2.33. The molecule has 0 aromatic heterocycles. The smallest absolute Gasteiger partial charge is 0.410 e. The van der Waals surface area contributed by atoms with Gasteiger partial charge in [0.1, 0.15) is 6.10 Å². The van der Waals surface area contributed by atoms with Crippen LogP contribution in [0.3, 0.4) is 0 Å². The van der Waals surface area contributed by atoms with E-state index >= 15 is 0 Å². The van der Waals surface area contributed by atoms with E-state index in [1.807, 2.05) is 4.90 Å². The van der Waals surface area contributed by atoms with Crippen molar-refractivity contribution in [3.8, 4) is 0 Å². The van der Waals surface area contributed by atoms with Gasteiger partial charge in [0, 0.05) is 12.6 Å². The second kappa shape index (κ2) is 7.92. The second-order valence-corrected chi connectivity index (χ2v) is 7.29. The first kappa shape index (κ1) is 18.5. The number of nitrogens with zero attached hydrogens (tertiary/aromatic N) is 1. The molecule has 1 heterocycles. The summed E-state index contributed by atoms with van der Waals surface area (Å²) in [4.78, 5) is 14.1. The van der Waals surface area contributed by atoms with Crippen LogP contribution in [0.1, 0.15) is 48.2 Å². The lowest BCUT2D eigenvalue weighted by atomic mass is 10.1. The van der Waals surface area contributed by atoms with Gasteiger partial charge in [0.05, 0.1) is 12.6 Å². The summed E-state index contributed by atoms with van der Waals surface area (Å²) in [7, 11) is 0. The average molecular weight is 352 g/mol. The Balaban J connectivity index is 1.55. The summed E-state index contributed by atoms with van der Waals surface area (Å²) in [6, 6.07) is 17.1. The molecule has 0 bridgehead atoms. The molecule has 0 saturated carbocycles. The molecule has 4 heteroatoms. The van der Waals surface area contributed by atoms with Crippen molar-refractivity contribution < 1.29 is 9.53 Å². The second-order valence-electron chi connectivity index (χ2n) is 7.29. The summed E-state index contributed by atoms with van der Waals surface area (Å²) in [6.07, 6.45) is -0.351. The zero-order valence-corrected chi connectivity index (χ0v) is 16.0. The van der Waals surface area contributed by atoms with Gasteiger partial charge in [0.25, 0.3) is 0 Å². The lowest BCUT2D eigenvalue weighted by molar-refractivity contribution is 0.127. The van der Waals surface area contributed by atoms with Crippen LogP contribution in [0.2, 0.25) is 0 Å². The molecule has 4 nitrogen and oxygen atoms in total. The fourth-order valence-corrected chi connectivity index (χ4v) is 3.27. The van der Waals surface area contributed by atoms with Gasteiger partial charge >= 0.3 is 6.09 Å². The molecule has 26 heavy (non-hydrogen) atoms. The van der Waals surface area contributed by atoms with E-state index in [4.69, 9.17) is 4.74 Å². The topological polar surface area (TPSA) is 41.6 Å². The number of aryl methyl sites for hydroxylation is 2. The molecule has 2 aromatic carbocycles. The van der Waals surface area contributed by atoms with Gasteiger partial charge in [0.2, 0.25) is 0 Å². The SMILES string of the molecule is Cc1ccc([C@H](C)NC[C@H]2CN([C@@H](C)c3ccc(C)cc3)C(=O)O2)cc1. The third-order valence-electron chi connectivity index (χ3n) is 5.16. The van der Waals surface area contributed by atoms with Gasteiger partial charge < -0.3 is 10.1 Å². The molecule has 1 saturated heterocycles. The number of hydrogen-bond acceptors (Lipinski definition) is 3. The van der Waals surface area contributed by atoms with Crippen LogP contribution >= 0.6 is 0 Å². The Bertz CT molecular complexity index is 740. The van der Waals surface area contributed by atoms with Crippen molar-refractivity contribution in [1.82, 2.24) is 10.2 Å². The maximum Gasteiger partial charge on any atom is 0.410 e. The molecular formula is C22H28N2O2. The van der Waals surface area contributed by atoms with Gasteiger partial charge in [-0.3, -0.25) is 4.90 Å². The van der Waals surface area contributed by atoms with Gasteiger partial charge in [0.15, 0.2) is 0 Å². The largest absolute Gasteiger partial charge is 0.443 e. The number of amides is 1. The Morgan fingerprint density at radius 2 is 1.54 bits per heavy atom. The molecule has 0 radical (unpaired) electrons. The molecule has 1 aliphatic heterocycles. The molecule has 1 fully saturated rings. The number of carbonyl (C=O) groups excluding carboxylic acids is 1. The molecule has 0 spiro atoms. The Morgan fingerprint density at radius 3 is 2.12 bits per heavy atom. The molecular weight excluding hydrogens is 324 g/mol. The summed E-state index contributed by atoms with van der Waals surface area (Å²) in [6.45, 7) is 9.60. The highest BCUT2D eigenvalue weighted by Gasteiger charge is 2.34. The summed E-state index contributed by atoms with van der Waals surface area (Å²) in [5, 5.41) is 3.48. The van der Waals surface area contributed by atoms with Crippen molar-refractivity contribution in [3.05, 3.63) is 70.8 Å². The highest BCUT2D eigenvalue weighted by molar-refractivity contribution is 5.70. The molecule has 0 unspecified atom stereocenters. The van der Waals surface area contributed by atoms with Crippen LogP contribution in [-0.4, -0.2) is 30.2 Å². The monoisotopic (exact) mass is 352 g/mol. The molecule has 138 valence electrons. The zero-order chi connectivity index (χ0) is 18.7. The molecule has 0 aliphatic carbocycles. The predicted molar refractivity (Wildman–Crippen MR) is 104 cm³/mol. The number of benzene rings is 2. The third-order valence-corrected chi connectivity index (χ3v) is 5.16. The van der Waals surface area contributed by atoms with Crippen LogP contribution in [0, 0.1) is 13.8 Å². The van der Waals surface area contributed by atoms with Gasteiger partial charge in [-0.15, -0.1) is 0 Å². The number of ether oxygens (including phenoxy) is 1. The number of carbonyl (C=O) groups is 1. The molecule has 1 N–H and O–H groups in total. The van der Waals surface area contributed by atoms with Gasteiger partial charge in [-0.2, -0.15) is 0 Å². The summed E-state index contributed by atoms with van der Waals surface area (Å²) in [5.74, 6) is 0. The predicted octanol–water partition coefficient (Wildman–Crippen LogP) is 4.54. The van der Waals surface area contributed by atoms with Crippen LogP contribution in [0.25, 0.3) is 0 Å². The highest BCUT2D eigenvalue weighted by atomic mass is 16.6. The van der Waals surface area contributed by atoms with Crippen LogP contribution < -0.4 is 5.32 Å². The summed E-state index contributed by atoms with van der Waals surface area (Å²) < 4.78 is 5.57. The fraction of sp³-hybridized carbons (Fsp3) is 0.409. The summed E-state index contributed by atoms with van der Waals surface area (Å²) in [5.41, 5.74) is 4.85. The first-order valence-corrected chi connectivity index (χ1v) is 9.28. The van der Waals surface area contributed by atoms with Gasteiger partial charge in [-0.05, 0) is 38.8 Å². The maximum absolute atomic E-state index is 12.3. The van der Waals surface area contributed by atoms with Crippen molar-refractivity contribution in [3.63, 3.8) is 0 Å². The van der Waals surface area contributed by atoms with Crippen LogP contribution in [0.15, 0.2) is 48.5 Å². The Hall–Kier alpha value is -2.33. The first-order chi connectivity index (χ1) is 12.4. The minimum absolute atomic E-state index is 0.0163. The fourth-order valence-electron chi connectivity index (χ4n) is 3.27. The van der Waals surface area contributed by atoms with Crippen LogP contribution in [0.5, 0.6) is 0 Å². The third kappa shape index (κ3) is 4.25. The Morgan fingerprint density at radius 1 is 1.00 bits per heavy atom. The van der Waals surface area contributed by atoms with Crippen molar-refractivity contribution in [2.75, 3.05) is 13.1 Å². The average Bonchev–Trinajstić information content (AvgIpc) is 3.01. The van der Waals surface area contributed by atoms with E-state index in [-0.39, 0.29) is 24.3 Å². The Kier molecular flexibility index (Phi) is 5.62. The molecule has 3 atom stereocenters. The van der Waals surface area contributed by atoms with E-state index in [0.717, 1.165) is 5.56 Å². The molecule has 1 aliphatic rings. The van der Waals surface area contributed by atoms with Crippen molar-refractivity contribution in [2.24, 2.45) is 0 Å². The molecule has 1 amide bonds. The van der Waals surface area contributed by atoms with E-state index in [2.05, 4.69) is 81.5 Å². The van der Waals surface area contributed by atoms with Gasteiger partial charge in [-0.25, -0.2) is 4.79 Å². The van der Waals surface area contributed by atoms with Crippen LogP contribution in [0.4, 0.5) is 4.79 Å². The lowest BCUT2D eigenvalue weighted by Gasteiger charge is -2.22. The highest BCUT2D eigenvalue weighted by Crippen LogP contribution is 2.26. The van der Waals surface area contributed by atoms with E-state index < -0.39 is 0 Å². The first-order valence-electron chi connectivity index (χ1n) is 9.28. The molecule has 3 rings (SSSR count). The van der Waals surface area contributed by atoms with E-state index in [0.29, 0.717) is 13.1 Å². The van der Waals surface area contributed by atoms with Crippen LogP contribution in [-0.2, 0) is 4.74 Å². The number of hydrogen-bond donors (Lipinski definition) is 1. The summed E-state index contributed by atoms with van der Waals surface area (Å²) >= 11 is 0. The van der Waals surface area contributed by atoms with Crippen molar-refractivity contribution in [2.45, 2.75) is 45.9 Å². The number of cyclic esters (lactones) is 1. The normalized spacial score (nSPS) is 19.3. The van der Waals surface area contributed by atoms with E-state index in [1.165, 1.54) is 16.7 Å². The van der Waals surface area contributed by atoms with Crippen molar-refractivity contribution in [1.29, 1.82) is 0 Å². The zero-order valence-electron chi connectivity index (χ0n) is 16.0.